The summed E-state index contributed by atoms with van der Waals surface area (Å²) in [5.41, 5.74) is 2.81. The number of aromatic hydroxyl groups is 1. The van der Waals surface area contributed by atoms with Crippen LogP contribution in [0.1, 0.15) is 76.3 Å². The summed E-state index contributed by atoms with van der Waals surface area (Å²) >= 11 is 0. The first-order chi connectivity index (χ1) is 21.0. The van der Waals surface area contributed by atoms with Crippen LogP contribution in [0.3, 0.4) is 0 Å². The van der Waals surface area contributed by atoms with Crippen molar-refractivity contribution in [1.29, 1.82) is 0 Å². The van der Waals surface area contributed by atoms with Crippen molar-refractivity contribution in [2.45, 2.75) is 94.1 Å². The van der Waals surface area contributed by atoms with Crippen LogP contribution in [0.5, 0.6) is 5.75 Å². The Labute approximate surface area is 253 Å². The average Bonchev–Trinajstić information content (AvgIpc) is 3.61. The molecule has 1 unspecified atom stereocenters. The lowest BCUT2D eigenvalue weighted by molar-refractivity contribution is -0.145. The van der Waals surface area contributed by atoms with E-state index in [1.54, 1.807) is 6.07 Å². The number of allylic oxidation sites excluding steroid dienone is 3. The molecule has 2 aromatic heterocycles. The van der Waals surface area contributed by atoms with Gasteiger partial charge in [-0.3, -0.25) is 9.88 Å². The third-order valence-electron chi connectivity index (χ3n) is 12.1. The molecule has 1 aromatic carbocycles. The molecule has 2 spiro atoms. The zero-order valence-corrected chi connectivity index (χ0v) is 25.1. The highest BCUT2D eigenvalue weighted by atomic mass is 16.5. The minimum Gasteiger partial charge on any atom is -0.508 e. The minimum absolute atomic E-state index is 0.0291. The molecule has 5 aliphatic heterocycles. The van der Waals surface area contributed by atoms with Crippen molar-refractivity contribution < 1.29 is 14.9 Å². The molecule has 4 saturated heterocycles. The lowest BCUT2D eigenvalue weighted by atomic mass is 9.54. The van der Waals surface area contributed by atoms with E-state index >= 15 is 0 Å². The van der Waals surface area contributed by atoms with Gasteiger partial charge in [-0.2, -0.15) is 0 Å². The highest BCUT2D eigenvalue weighted by Crippen LogP contribution is 2.66. The maximum atomic E-state index is 13.2. The molecule has 9 rings (SSSR count). The number of benzene rings is 1. The van der Waals surface area contributed by atoms with Gasteiger partial charge in [-0.15, -0.1) is 0 Å². The molecule has 226 valence electrons. The Kier molecular flexibility index (Phi) is 5.98. The maximum Gasteiger partial charge on any atom is 0.123 e. The number of fused-ring (bicyclic) bond motifs is 5. The van der Waals surface area contributed by atoms with Gasteiger partial charge in [-0.05, 0) is 126 Å². The summed E-state index contributed by atoms with van der Waals surface area (Å²) in [6, 6.07) is 7.62. The SMILES string of the molecule is Oc1ccc2[nH]c3c(C4=C[C@@]5(O)CC/C=C\CCCCN6CC[C@@H]4[C@@]4(C6)C[C@]67CC[C@H](CCCN6[C@H]45)O7)nccc3c2c1. The second-order valence-electron chi connectivity index (χ2n) is 14.5. The van der Waals surface area contributed by atoms with Crippen molar-refractivity contribution in [2.75, 3.05) is 26.2 Å². The number of phenols is 1. The van der Waals surface area contributed by atoms with Crippen LogP contribution < -0.4 is 0 Å². The lowest BCUT2D eigenvalue weighted by Gasteiger charge is -2.58. The monoisotopic (exact) mass is 580 g/mol. The van der Waals surface area contributed by atoms with Gasteiger partial charge in [0, 0.05) is 41.0 Å². The number of hydrogen-bond donors (Lipinski definition) is 3. The standard InChI is InChI=1S/C36H44N4O3/c41-24-9-10-30-27(20-24)26-12-16-37-31(32(26)38-30)28-21-35(42)14-5-3-1-2-4-6-17-39-19-13-29(28)34(23-39)22-36-15-11-25(43-36)8-7-18-40(36)33(34)35/h1,3,9-10,12,16,20-21,25,29,33,38,41-42H,2,4-8,11,13-15,17-19,22-23H2/b3-1-/t25-,29-,33+,34-,35-,36+/m0/s1. The van der Waals surface area contributed by atoms with Crippen molar-refractivity contribution in [3.05, 3.63) is 54.4 Å². The van der Waals surface area contributed by atoms with E-state index in [4.69, 9.17) is 9.72 Å². The molecule has 6 aliphatic rings. The Balaban J connectivity index is 1.27. The fraction of sp³-hybridized carbons (Fsp3) is 0.583. The molecule has 3 N–H and O–H groups in total. The summed E-state index contributed by atoms with van der Waals surface area (Å²) in [6.45, 7) is 4.23. The highest BCUT2D eigenvalue weighted by molar-refractivity contribution is 6.10. The van der Waals surface area contributed by atoms with Crippen LogP contribution in [-0.4, -0.2) is 79.6 Å². The Morgan fingerprint density at radius 3 is 2.84 bits per heavy atom. The maximum absolute atomic E-state index is 13.2. The lowest BCUT2D eigenvalue weighted by Crippen LogP contribution is -2.66. The Morgan fingerprint density at radius 2 is 1.88 bits per heavy atom. The third kappa shape index (κ3) is 3.90. The van der Waals surface area contributed by atoms with Gasteiger partial charge in [0.1, 0.15) is 11.5 Å². The molecule has 0 saturated carbocycles. The van der Waals surface area contributed by atoms with Crippen LogP contribution in [0.15, 0.2) is 48.7 Å². The summed E-state index contributed by atoms with van der Waals surface area (Å²) in [7, 11) is 0. The normalized spacial score (nSPS) is 40.3. The number of ether oxygens (including phenoxy) is 1. The van der Waals surface area contributed by atoms with Crippen LogP contribution in [0.4, 0.5) is 0 Å². The molecule has 0 radical (unpaired) electrons. The number of H-pyrrole nitrogens is 1. The number of aromatic amines is 1. The number of rotatable bonds is 1. The Hall–Kier alpha value is -2.71. The predicted molar refractivity (Wildman–Crippen MR) is 169 cm³/mol. The van der Waals surface area contributed by atoms with E-state index in [-0.39, 0.29) is 28.8 Å². The number of pyridine rings is 1. The van der Waals surface area contributed by atoms with Gasteiger partial charge in [0.05, 0.1) is 29.0 Å². The van der Waals surface area contributed by atoms with E-state index in [1.807, 2.05) is 18.3 Å². The largest absolute Gasteiger partial charge is 0.508 e. The molecule has 5 bridgehead atoms. The Bertz CT molecular complexity index is 1650. The predicted octanol–water partition coefficient (Wildman–Crippen LogP) is 6.12. The highest BCUT2D eigenvalue weighted by Gasteiger charge is 2.71. The van der Waals surface area contributed by atoms with E-state index in [0.29, 0.717) is 12.5 Å². The Morgan fingerprint density at radius 1 is 0.953 bits per heavy atom. The quantitative estimate of drug-likeness (QED) is 0.301. The van der Waals surface area contributed by atoms with Crippen molar-refractivity contribution in [3.8, 4) is 5.75 Å². The fourth-order valence-electron chi connectivity index (χ4n) is 10.6. The molecular formula is C36H44N4O3. The second-order valence-corrected chi connectivity index (χ2v) is 14.5. The minimum atomic E-state index is -0.989. The number of nitrogens with one attached hydrogen (secondary N) is 1. The van der Waals surface area contributed by atoms with Crippen molar-refractivity contribution in [3.63, 3.8) is 0 Å². The van der Waals surface area contributed by atoms with Crippen LogP contribution in [-0.2, 0) is 4.74 Å². The van der Waals surface area contributed by atoms with Gasteiger partial charge in [0.2, 0.25) is 0 Å². The van der Waals surface area contributed by atoms with E-state index < -0.39 is 5.60 Å². The van der Waals surface area contributed by atoms with Crippen LogP contribution in [0.25, 0.3) is 27.4 Å². The molecule has 4 fully saturated rings. The van der Waals surface area contributed by atoms with Crippen LogP contribution >= 0.6 is 0 Å². The van der Waals surface area contributed by atoms with Gasteiger partial charge in [-0.25, -0.2) is 0 Å². The molecule has 7 nitrogen and oxygen atoms in total. The van der Waals surface area contributed by atoms with Crippen LogP contribution in [0.2, 0.25) is 0 Å². The first-order valence-corrected chi connectivity index (χ1v) is 16.8. The molecule has 7 heterocycles. The van der Waals surface area contributed by atoms with Crippen molar-refractivity contribution >= 4 is 27.4 Å². The van der Waals surface area contributed by atoms with Crippen molar-refractivity contribution in [1.82, 2.24) is 19.8 Å². The van der Waals surface area contributed by atoms with Gasteiger partial charge in [-0.1, -0.05) is 12.2 Å². The first kappa shape index (κ1) is 26.7. The summed E-state index contributed by atoms with van der Waals surface area (Å²) in [6.07, 6.45) is 20.9. The van der Waals surface area contributed by atoms with Gasteiger partial charge >= 0.3 is 0 Å². The fourth-order valence-corrected chi connectivity index (χ4v) is 10.6. The molecule has 7 atom stereocenters. The number of aromatic nitrogens is 2. The zero-order chi connectivity index (χ0) is 28.8. The van der Waals surface area contributed by atoms with Crippen molar-refractivity contribution in [2.24, 2.45) is 11.3 Å². The second kappa shape index (κ2) is 9.64. The van der Waals surface area contributed by atoms with Gasteiger partial charge in [0.15, 0.2) is 0 Å². The topological polar surface area (TPSA) is 84.9 Å². The van der Waals surface area contributed by atoms with Crippen LogP contribution in [0, 0.1) is 11.3 Å². The smallest absolute Gasteiger partial charge is 0.123 e. The van der Waals surface area contributed by atoms with E-state index in [2.05, 4.69) is 39.1 Å². The molecule has 1 aliphatic carbocycles. The molecule has 0 amide bonds. The van der Waals surface area contributed by atoms with E-state index in [1.165, 1.54) is 18.4 Å². The summed E-state index contributed by atoms with van der Waals surface area (Å²) in [5.74, 6) is 0.557. The number of aliphatic hydroxyl groups is 1. The molecular weight excluding hydrogens is 536 g/mol. The van der Waals surface area contributed by atoms with Gasteiger partial charge in [0.25, 0.3) is 0 Å². The summed E-state index contributed by atoms with van der Waals surface area (Å²) < 4.78 is 7.07. The summed E-state index contributed by atoms with van der Waals surface area (Å²) in [4.78, 5) is 14.2. The van der Waals surface area contributed by atoms with Gasteiger partial charge < -0.3 is 24.8 Å². The third-order valence-corrected chi connectivity index (χ3v) is 12.1. The summed E-state index contributed by atoms with van der Waals surface area (Å²) in [5, 5.41) is 25.6. The number of nitrogens with zero attached hydrogens (tertiary/aromatic N) is 3. The first-order valence-electron chi connectivity index (χ1n) is 16.8. The zero-order valence-electron chi connectivity index (χ0n) is 25.1. The number of hydrogen-bond acceptors (Lipinski definition) is 6. The molecule has 3 aromatic rings. The number of piperidine rings is 1. The average molecular weight is 581 g/mol. The van der Waals surface area contributed by atoms with E-state index in [0.717, 1.165) is 105 Å². The molecule has 43 heavy (non-hydrogen) atoms. The molecule has 7 heteroatoms. The van der Waals surface area contributed by atoms with E-state index in [9.17, 15) is 10.2 Å². The number of phenolic OH excluding ortho intramolecular Hbond substituents is 1.